The van der Waals surface area contributed by atoms with E-state index >= 15 is 0 Å². The molecule has 1 aromatic carbocycles. The van der Waals surface area contributed by atoms with Crippen LogP contribution in [0.25, 0.3) is 0 Å². The summed E-state index contributed by atoms with van der Waals surface area (Å²) < 4.78 is 0. The van der Waals surface area contributed by atoms with E-state index in [0.29, 0.717) is 70.5 Å². The van der Waals surface area contributed by atoms with Crippen molar-refractivity contribution < 1.29 is 54.6 Å². The van der Waals surface area contributed by atoms with Crippen LogP contribution in [0.15, 0.2) is 41.7 Å². The van der Waals surface area contributed by atoms with E-state index in [2.05, 4.69) is 31.9 Å². The molecule has 296 valence electrons. The molecule has 1 aliphatic rings. The number of unbranched alkanes of at least 4 members (excludes halogenated alkanes) is 2. The van der Waals surface area contributed by atoms with Gasteiger partial charge in [0.1, 0.15) is 11.9 Å². The second-order valence-corrected chi connectivity index (χ2v) is 13.4. The van der Waals surface area contributed by atoms with Crippen LogP contribution in [0.5, 0.6) is 11.5 Å². The summed E-state index contributed by atoms with van der Waals surface area (Å²) in [5.74, 6) is -4.70. The Bertz CT molecular complexity index is 1460. The fraction of sp³-hybridized carbons (Fsp3) is 0.583. The van der Waals surface area contributed by atoms with Gasteiger partial charge in [-0.05, 0) is 109 Å². The number of hydrogen-bond acceptors (Lipinski definition) is 12. The summed E-state index contributed by atoms with van der Waals surface area (Å²) in [6.07, 6.45) is 5.19. The Hall–Kier alpha value is -4.71. The topological polar surface area (TPSA) is 279 Å². The maximum absolute atomic E-state index is 13.0. The first-order valence-corrected chi connectivity index (χ1v) is 17.9. The Balaban J connectivity index is 1.55. The number of carboxylic acid groups (broad SMARTS) is 1. The third-order valence-corrected chi connectivity index (χ3v) is 8.88. The molecule has 0 heterocycles. The van der Waals surface area contributed by atoms with E-state index in [1.807, 2.05) is 0 Å². The van der Waals surface area contributed by atoms with E-state index in [1.165, 1.54) is 38.1 Å². The SMILES string of the molecule is CC(C)(C(=O)NCCCNCCCCNC(=O)C1=CCC(O)C(O)=C1)C(O)(CC(=O)NCCCNCCCCNC(=O)c1ccc(O)c(O)c1)C(=O)O. The standard InChI is InChI=1S/C36H56N6O11/c1-35(2,33(50)42-20-8-16-38-14-4-6-18-41-32(49)25-10-12-27(44)29(46)22-25)36(53,34(51)52)23-30(47)39-19-7-15-37-13-3-5-17-40-31(48)24-9-11-26(43)28(45)21-24/h9-11,21-22,27,37-38,43-46,53H,3-8,12-20,23H2,1-2H3,(H,39,47)(H,40,48)(H,41,49)(H,42,50)(H,51,52). The predicted octanol–water partition coefficient (Wildman–Crippen LogP) is 0.0609. The van der Waals surface area contributed by atoms with Crippen molar-refractivity contribution in [2.24, 2.45) is 5.41 Å². The highest BCUT2D eigenvalue weighted by molar-refractivity contribution is 5.97. The van der Waals surface area contributed by atoms with E-state index in [9.17, 15) is 54.6 Å². The van der Waals surface area contributed by atoms with Gasteiger partial charge >= 0.3 is 5.97 Å². The lowest BCUT2D eigenvalue weighted by atomic mass is 9.71. The van der Waals surface area contributed by atoms with Crippen LogP contribution < -0.4 is 31.9 Å². The summed E-state index contributed by atoms with van der Waals surface area (Å²) in [7, 11) is 0. The third kappa shape index (κ3) is 14.7. The second kappa shape index (κ2) is 22.4. The van der Waals surface area contributed by atoms with E-state index in [4.69, 9.17) is 0 Å². The number of phenolic OH excluding ortho intramolecular Hbond substituents is 2. The number of aliphatic carboxylic acids is 1. The van der Waals surface area contributed by atoms with E-state index in [1.54, 1.807) is 6.08 Å². The van der Waals surface area contributed by atoms with Crippen LogP contribution >= 0.6 is 0 Å². The van der Waals surface area contributed by atoms with Crippen molar-refractivity contribution in [2.45, 2.75) is 76.9 Å². The first kappa shape index (κ1) is 44.5. The molecule has 12 N–H and O–H groups in total. The van der Waals surface area contributed by atoms with Crippen molar-refractivity contribution in [3.05, 3.63) is 47.2 Å². The minimum atomic E-state index is -2.66. The first-order chi connectivity index (χ1) is 25.1. The predicted molar refractivity (Wildman–Crippen MR) is 195 cm³/mol. The van der Waals surface area contributed by atoms with E-state index in [0.717, 1.165) is 12.8 Å². The van der Waals surface area contributed by atoms with Crippen LogP contribution in [-0.4, -0.2) is 124 Å². The zero-order valence-corrected chi connectivity index (χ0v) is 30.5. The molecule has 0 radical (unpaired) electrons. The average molecular weight is 749 g/mol. The Morgan fingerprint density at radius 1 is 0.717 bits per heavy atom. The summed E-state index contributed by atoms with van der Waals surface area (Å²) >= 11 is 0. The summed E-state index contributed by atoms with van der Waals surface area (Å²) in [5, 5.41) is 76.0. The van der Waals surface area contributed by atoms with Gasteiger partial charge in [-0.1, -0.05) is 6.08 Å². The van der Waals surface area contributed by atoms with Gasteiger partial charge in [-0.25, -0.2) is 4.79 Å². The van der Waals surface area contributed by atoms with Gasteiger partial charge < -0.3 is 62.5 Å². The molecule has 2 rings (SSSR count). The molecule has 0 fully saturated rings. The smallest absolute Gasteiger partial charge is 0.337 e. The van der Waals surface area contributed by atoms with E-state index < -0.39 is 41.3 Å². The maximum Gasteiger partial charge on any atom is 0.337 e. The first-order valence-electron chi connectivity index (χ1n) is 17.9. The molecule has 17 nitrogen and oxygen atoms in total. The van der Waals surface area contributed by atoms with Gasteiger partial charge in [-0.3, -0.25) is 19.2 Å². The summed E-state index contributed by atoms with van der Waals surface area (Å²) in [6.45, 7) is 6.27. The van der Waals surface area contributed by atoms with Crippen LogP contribution in [0.4, 0.5) is 0 Å². The molecule has 0 spiro atoms. The average Bonchev–Trinajstić information content (AvgIpc) is 3.11. The lowest BCUT2D eigenvalue weighted by molar-refractivity contribution is -0.180. The van der Waals surface area contributed by atoms with Gasteiger partial charge in [0.15, 0.2) is 17.1 Å². The minimum absolute atomic E-state index is 0.181. The highest BCUT2D eigenvalue weighted by Crippen LogP contribution is 2.35. The Kier molecular flexibility index (Phi) is 18.8. The van der Waals surface area contributed by atoms with Crippen molar-refractivity contribution in [3.63, 3.8) is 0 Å². The fourth-order valence-corrected chi connectivity index (χ4v) is 5.23. The van der Waals surface area contributed by atoms with Crippen molar-refractivity contribution in [1.29, 1.82) is 0 Å². The van der Waals surface area contributed by atoms with Crippen molar-refractivity contribution in [3.8, 4) is 11.5 Å². The van der Waals surface area contributed by atoms with Gasteiger partial charge in [0.05, 0.1) is 11.8 Å². The van der Waals surface area contributed by atoms with Crippen LogP contribution in [0, 0.1) is 5.41 Å². The van der Waals surface area contributed by atoms with Crippen molar-refractivity contribution in [2.75, 3.05) is 52.4 Å². The number of benzene rings is 1. The van der Waals surface area contributed by atoms with Gasteiger partial charge in [0.25, 0.3) is 11.8 Å². The number of rotatable bonds is 25. The summed E-state index contributed by atoms with van der Waals surface area (Å²) in [4.78, 5) is 61.9. The van der Waals surface area contributed by atoms with Gasteiger partial charge in [-0.2, -0.15) is 0 Å². The van der Waals surface area contributed by atoms with Crippen LogP contribution in [0.3, 0.4) is 0 Å². The lowest BCUT2D eigenvalue weighted by Gasteiger charge is -2.37. The molecule has 0 saturated heterocycles. The van der Waals surface area contributed by atoms with Crippen molar-refractivity contribution in [1.82, 2.24) is 31.9 Å². The van der Waals surface area contributed by atoms with Crippen LogP contribution in [-0.2, 0) is 19.2 Å². The lowest BCUT2D eigenvalue weighted by Crippen LogP contribution is -2.60. The fourth-order valence-electron chi connectivity index (χ4n) is 5.23. The summed E-state index contributed by atoms with van der Waals surface area (Å²) in [5.41, 5.74) is -3.94. The largest absolute Gasteiger partial charge is 0.510 e. The van der Waals surface area contributed by atoms with E-state index in [-0.39, 0.29) is 54.1 Å². The Morgan fingerprint density at radius 2 is 1.25 bits per heavy atom. The number of aliphatic hydroxyl groups is 3. The van der Waals surface area contributed by atoms with Gasteiger partial charge in [0.2, 0.25) is 11.8 Å². The van der Waals surface area contributed by atoms with Crippen LogP contribution in [0.2, 0.25) is 0 Å². The molecule has 0 aromatic heterocycles. The molecular weight excluding hydrogens is 692 g/mol. The molecule has 2 unspecified atom stereocenters. The second-order valence-electron chi connectivity index (χ2n) is 13.4. The minimum Gasteiger partial charge on any atom is -0.510 e. The number of phenols is 2. The summed E-state index contributed by atoms with van der Waals surface area (Å²) in [6, 6.07) is 3.83. The number of carboxylic acids is 1. The molecular formula is C36H56N6O11. The van der Waals surface area contributed by atoms with Gasteiger partial charge in [-0.15, -0.1) is 0 Å². The number of carbonyl (C=O) groups excluding carboxylic acids is 4. The molecule has 53 heavy (non-hydrogen) atoms. The maximum atomic E-state index is 13.0. The molecule has 1 aromatic rings. The Labute approximate surface area is 309 Å². The highest BCUT2D eigenvalue weighted by atomic mass is 16.4. The monoisotopic (exact) mass is 748 g/mol. The molecule has 0 saturated carbocycles. The zero-order valence-electron chi connectivity index (χ0n) is 30.5. The Morgan fingerprint density at radius 3 is 1.81 bits per heavy atom. The number of nitrogens with one attached hydrogen (secondary N) is 6. The molecule has 1 aliphatic carbocycles. The molecule has 0 bridgehead atoms. The molecule has 17 heteroatoms. The number of amides is 4. The number of hydrogen-bond donors (Lipinski definition) is 12. The third-order valence-electron chi connectivity index (χ3n) is 8.88. The number of carbonyl (C=O) groups is 5. The van der Waals surface area contributed by atoms with Gasteiger partial charge in [0, 0.05) is 37.3 Å². The number of aromatic hydroxyl groups is 2. The van der Waals surface area contributed by atoms with Crippen LogP contribution in [0.1, 0.15) is 75.6 Å². The quantitative estimate of drug-likeness (QED) is 0.0466. The van der Waals surface area contributed by atoms with Crippen molar-refractivity contribution >= 4 is 29.6 Å². The number of aliphatic hydroxyl groups excluding tert-OH is 2. The normalized spacial score (nSPS) is 15.4. The molecule has 4 amide bonds. The zero-order chi connectivity index (χ0) is 39.4. The molecule has 2 atom stereocenters. The highest BCUT2D eigenvalue weighted by Gasteiger charge is 2.55. The molecule has 0 aliphatic heterocycles.